The maximum atomic E-state index is 4.63. The van der Waals surface area contributed by atoms with E-state index in [0.717, 1.165) is 48.8 Å². The molecule has 1 atom stereocenters. The van der Waals surface area contributed by atoms with E-state index >= 15 is 0 Å². The van der Waals surface area contributed by atoms with Crippen molar-refractivity contribution in [1.29, 1.82) is 0 Å². The van der Waals surface area contributed by atoms with Crippen molar-refractivity contribution in [1.82, 2.24) is 9.97 Å². The molecule has 2 N–H and O–H groups in total. The first-order valence-electron chi connectivity index (χ1n) is 7.00. The summed E-state index contributed by atoms with van der Waals surface area (Å²) in [5.74, 6) is 2.85. The van der Waals surface area contributed by atoms with Crippen LogP contribution in [0.3, 0.4) is 0 Å². The Hall–Kier alpha value is -1.32. The molecule has 1 rings (SSSR count). The number of aryl methyl sites for hydroxylation is 1. The van der Waals surface area contributed by atoms with Gasteiger partial charge in [-0.2, -0.15) is 0 Å². The van der Waals surface area contributed by atoms with Crippen LogP contribution in [-0.4, -0.2) is 22.6 Å². The molecule has 1 aromatic heterocycles. The summed E-state index contributed by atoms with van der Waals surface area (Å²) < 4.78 is 0. The Labute approximate surface area is 111 Å². The van der Waals surface area contributed by atoms with Gasteiger partial charge < -0.3 is 10.6 Å². The summed E-state index contributed by atoms with van der Waals surface area (Å²) in [6.07, 6.45) is 3.08. The normalized spacial score (nSPS) is 12.3. The lowest BCUT2D eigenvalue weighted by molar-refractivity contribution is 0.750. The second-order valence-electron chi connectivity index (χ2n) is 4.70. The van der Waals surface area contributed by atoms with Crippen LogP contribution in [0.15, 0.2) is 0 Å². The van der Waals surface area contributed by atoms with Crippen LogP contribution in [0.5, 0.6) is 0 Å². The van der Waals surface area contributed by atoms with Crippen LogP contribution in [0, 0.1) is 6.92 Å². The highest BCUT2D eigenvalue weighted by Gasteiger charge is 2.11. The molecule has 1 unspecified atom stereocenters. The van der Waals surface area contributed by atoms with Gasteiger partial charge in [0.25, 0.3) is 0 Å². The highest BCUT2D eigenvalue weighted by atomic mass is 15.1. The summed E-state index contributed by atoms with van der Waals surface area (Å²) >= 11 is 0. The van der Waals surface area contributed by atoms with Gasteiger partial charge in [0, 0.05) is 24.6 Å². The maximum Gasteiger partial charge on any atom is 0.134 e. The standard InChI is InChI=1S/C14H26N4/c1-6-9-12-17-13(15-8-3)11(5)14(18-12)16-10(4)7-2/h10H,6-9H2,1-5H3,(H2,15,16,17,18). The Morgan fingerprint density at radius 1 is 1.11 bits per heavy atom. The number of hydrogen-bond donors (Lipinski definition) is 2. The molecule has 0 aromatic carbocycles. The molecule has 1 aromatic rings. The van der Waals surface area contributed by atoms with Gasteiger partial charge in [-0.1, -0.05) is 13.8 Å². The van der Waals surface area contributed by atoms with Crippen molar-refractivity contribution < 1.29 is 0 Å². The zero-order valence-corrected chi connectivity index (χ0v) is 12.3. The van der Waals surface area contributed by atoms with Crippen LogP contribution in [0.4, 0.5) is 11.6 Å². The van der Waals surface area contributed by atoms with Crippen molar-refractivity contribution in [2.24, 2.45) is 0 Å². The number of anilines is 2. The molecule has 0 saturated heterocycles. The number of aromatic nitrogens is 2. The van der Waals surface area contributed by atoms with E-state index < -0.39 is 0 Å². The summed E-state index contributed by atoms with van der Waals surface area (Å²) in [5, 5.41) is 6.78. The van der Waals surface area contributed by atoms with Gasteiger partial charge in [-0.3, -0.25) is 0 Å². The Morgan fingerprint density at radius 3 is 2.33 bits per heavy atom. The summed E-state index contributed by atoms with van der Waals surface area (Å²) in [5.41, 5.74) is 1.11. The summed E-state index contributed by atoms with van der Waals surface area (Å²) in [6.45, 7) is 11.5. The molecule has 0 amide bonds. The molecule has 4 nitrogen and oxygen atoms in total. The van der Waals surface area contributed by atoms with Gasteiger partial charge in [0.2, 0.25) is 0 Å². The molecule has 0 aliphatic heterocycles. The van der Waals surface area contributed by atoms with Gasteiger partial charge in [-0.05, 0) is 33.6 Å². The topological polar surface area (TPSA) is 49.8 Å². The largest absolute Gasteiger partial charge is 0.370 e. The molecule has 18 heavy (non-hydrogen) atoms. The minimum absolute atomic E-state index is 0.433. The third-order valence-corrected chi connectivity index (χ3v) is 3.01. The van der Waals surface area contributed by atoms with Gasteiger partial charge in [-0.25, -0.2) is 9.97 Å². The molecular weight excluding hydrogens is 224 g/mol. The second-order valence-corrected chi connectivity index (χ2v) is 4.70. The van der Waals surface area contributed by atoms with Crippen LogP contribution < -0.4 is 10.6 Å². The lowest BCUT2D eigenvalue weighted by Gasteiger charge is -2.17. The predicted octanol–water partition coefficient (Wildman–Crippen LogP) is 3.38. The Bertz CT molecular complexity index is 376. The predicted molar refractivity (Wildman–Crippen MR) is 78.3 cm³/mol. The van der Waals surface area contributed by atoms with E-state index in [9.17, 15) is 0 Å². The third-order valence-electron chi connectivity index (χ3n) is 3.01. The Balaban J connectivity index is 3.05. The fraction of sp³-hybridized carbons (Fsp3) is 0.714. The van der Waals surface area contributed by atoms with Gasteiger partial charge in [0.1, 0.15) is 17.5 Å². The first-order chi connectivity index (χ1) is 8.62. The molecule has 0 aliphatic rings. The summed E-state index contributed by atoms with van der Waals surface area (Å²) in [6, 6.07) is 0.433. The van der Waals surface area contributed by atoms with Crippen molar-refractivity contribution >= 4 is 11.6 Å². The van der Waals surface area contributed by atoms with Crippen LogP contribution in [0.2, 0.25) is 0 Å². The summed E-state index contributed by atoms with van der Waals surface area (Å²) in [7, 11) is 0. The van der Waals surface area contributed by atoms with E-state index in [4.69, 9.17) is 0 Å². The quantitative estimate of drug-likeness (QED) is 0.779. The molecular formula is C14H26N4. The van der Waals surface area contributed by atoms with Crippen molar-refractivity contribution in [3.63, 3.8) is 0 Å². The van der Waals surface area contributed by atoms with E-state index in [0.29, 0.717) is 6.04 Å². The maximum absolute atomic E-state index is 4.63. The van der Waals surface area contributed by atoms with E-state index in [2.05, 4.69) is 55.2 Å². The number of hydrogen-bond acceptors (Lipinski definition) is 4. The number of nitrogens with zero attached hydrogens (tertiary/aromatic N) is 2. The van der Waals surface area contributed by atoms with Gasteiger partial charge in [0.05, 0.1) is 0 Å². The SMILES string of the molecule is CCCc1nc(NCC)c(C)c(NC(C)CC)n1. The second kappa shape index (κ2) is 7.19. The molecule has 4 heteroatoms. The minimum Gasteiger partial charge on any atom is -0.370 e. The van der Waals surface area contributed by atoms with Gasteiger partial charge >= 0.3 is 0 Å². The van der Waals surface area contributed by atoms with E-state index in [1.165, 1.54) is 0 Å². The molecule has 0 radical (unpaired) electrons. The fourth-order valence-corrected chi connectivity index (χ4v) is 1.71. The van der Waals surface area contributed by atoms with Crippen LogP contribution >= 0.6 is 0 Å². The molecule has 0 fully saturated rings. The van der Waals surface area contributed by atoms with Crippen molar-refractivity contribution in [2.75, 3.05) is 17.2 Å². The fourth-order valence-electron chi connectivity index (χ4n) is 1.71. The molecule has 0 saturated carbocycles. The lowest BCUT2D eigenvalue weighted by Crippen LogP contribution is -2.18. The summed E-state index contributed by atoms with van der Waals surface area (Å²) in [4.78, 5) is 9.21. The van der Waals surface area contributed by atoms with Crippen molar-refractivity contribution in [2.45, 2.75) is 59.9 Å². The van der Waals surface area contributed by atoms with Crippen LogP contribution in [0.25, 0.3) is 0 Å². The lowest BCUT2D eigenvalue weighted by atomic mass is 10.2. The highest BCUT2D eigenvalue weighted by Crippen LogP contribution is 2.21. The van der Waals surface area contributed by atoms with E-state index in [1.54, 1.807) is 0 Å². The molecule has 1 heterocycles. The first-order valence-corrected chi connectivity index (χ1v) is 7.00. The Morgan fingerprint density at radius 2 is 1.78 bits per heavy atom. The van der Waals surface area contributed by atoms with Crippen LogP contribution in [0.1, 0.15) is 51.9 Å². The van der Waals surface area contributed by atoms with Gasteiger partial charge in [0.15, 0.2) is 0 Å². The number of rotatable bonds is 7. The first kappa shape index (κ1) is 14.7. The average Bonchev–Trinajstić information content (AvgIpc) is 2.35. The molecule has 0 bridgehead atoms. The van der Waals surface area contributed by atoms with E-state index in [-0.39, 0.29) is 0 Å². The zero-order chi connectivity index (χ0) is 13.5. The Kier molecular flexibility index (Phi) is 5.89. The zero-order valence-electron chi connectivity index (χ0n) is 12.3. The monoisotopic (exact) mass is 250 g/mol. The van der Waals surface area contributed by atoms with Crippen molar-refractivity contribution in [3.05, 3.63) is 11.4 Å². The van der Waals surface area contributed by atoms with Gasteiger partial charge in [-0.15, -0.1) is 0 Å². The van der Waals surface area contributed by atoms with E-state index in [1.807, 2.05) is 0 Å². The average molecular weight is 250 g/mol. The minimum atomic E-state index is 0.433. The third kappa shape index (κ3) is 3.86. The highest BCUT2D eigenvalue weighted by molar-refractivity contribution is 5.57. The molecule has 0 spiro atoms. The van der Waals surface area contributed by atoms with Crippen molar-refractivity contribution in [3.8, 4) is 0 Å². The molecule has 0 aliphatic carbocycles. The number of nitrogens with one attached hydrogen (secondary N) is 2. The smallest absolute Gasteiger partial charge is 0.134 e. The van der Waals surface area contributed by atoms with Crippen LogP contribution in [-0.2, 0) is 6.42 Å². The molecule has 102 valence electrons.